The van der Waals surface area contributed by atoms with Gasteiger partial charge in [0.2, 0.25) is 0 Å². The van der Waals surface area contributed by atoms with Gasteiger partial charge in [-0.3, -0.25) is 0 Å². The van der Waals surface area contributed by atoms with Gasteiger partial charge in [0.1, 0.15) is 5.82 Å². The van der Waals surface area contributed by atoms with E-state index in [4.69, 9.17) is 0 Å². The average molecular weight is 322 g/mol. The maximum Gasteiger partial charge on any atom is 0.128 e. The quantitative estimate of drug-likeness (QED) is 0.857. The second kappa shape index (κ2) is 6.31. The van der Waals surface area contributed by atoms with Crippen molar-refractivity contribution in [3.63, 3.8) is 0 Å². The lowest BCUT2D eigenvalue weighted by molar-refractivity contribution is 0.527. The summed E-state index contributed by atoms with van der Waals surface area (Å²) in [6, 6.07) is 13.2. The first-order valence-corrected chi connectivity index (χ1v) is 7.10. The van der Waals surface area contributed by atoms with Crippen molar-refractivity contribution in [3.05, 3.63) is 69.4 Å². The molecule has 0 aromatic heterocycles. The molecular formula is C16H17BrFN. The van der Waals surface area contributed by atoms with Crippen LogP contribution in [0.15, 0.2) is 46.9 Å². The zero-order chi connectivity index (χ0) is 13.8. The minimum atomic E-state index is -0.173. The Morgan fingerprint density at radius 2 is 1.95 bits per heavy atom. The molecule has 1 nitrogen and oxygen atoms in total. The van der Waals surface area contributed by atoms with Crippen LogP contribution in [-0.4, -0.2) is 0 Å². The molecule has 1 atom stereocenters. The van der Waals surface area contributed by atoms with Gasteiger partial charge < -0.3 is 5.32 Å². The van der Waals surface area contributed by atoms with E-state index in [1.54, 1.807) is 6.07 Å². The van der Waals surface area contributed by atoms with Gasteiger partial charge in [0.05, 0.1) is 0 Å². The molecule has 0 heterocycles. The summed E-state index contributed by atoms with van der Waals surface area (Å²) >= 11 is 3.38. The summed E-state index contributed by atoms with van der Waals surface area (Å²) in [6.07, 6.45) is 0. The molecule has 2 aromatic rings. The fourth-order valence-electron chi connectivity index (χ4n) is 2.03. The summed E-state index contributed by atoms with van der Waals surface area (Å²) in [4.78, 5) is 0. The molecule has 19 heavy (non-hydrogen) atoms. The van der Waals surface area contributed by atoms with Crippen molar-refractivity contribution >= 4 is 15.9 Å². The third-order valence-corrected chi connectivity index (χ3v) is 3.78. The summed E-state index contributed by atoms with van der Waals surface area (Å²) in [5.41, 5.74) is 3.17. The first-order chi connectivity index (χ1) is 9.08. The highest BCUT2D eigenvalue weighted by Crippen LogP contribution is 2.22. The number of benzene rings is 2. The molecular weight excluding hydrogens is 305 g/mol. The Hall–Kier alpha value is -1.19. The molecule has 0 saturated heterocycles. The summed E-state index contributed by atoms with van der Waals surface area (Å²) in [7, 11) is 0. The van der Waals surface area contributed by atoms with Crippen molar-refractivity contribution in [1.29, 1.82) is 0 Å². The van der Waals surface area contributed by atoms with Crippen molar-refractivity contribution in [3.8, 4) is 0 Å². The van der Waals surface area contributed by atoms with Crippen molar-refractivity contribution in [1.82, 2.24) is 5.32 Å². The lowest BCUT2D eigenvalue weighted by atomic mass is 10.1. The van der Waals surface area contributed by atoms with E-state index in [1.165, 1.54) is 17.2 Å². The SMILES string of the molecule is Cc1ccccc1CNC(C)c1cc(Br)ccc1F. The number of aryl methyl sites for hydroxylation is 1. The molecule has 0 radical (unpaired) electrons. The fourth-order valence-corrected chi connectivity index (χ4v) is 2.41. The predicted molar refractivity (Wildman–Crippen MR) is 80.5 cm³/mol. The van der Waals surface area contributed by atoms with E-state index in [9.17, 15) is 4.39 Å². The predicted octanol–water partition coefficient (Wildman–Crippen LogP) is 4.75. The zero-order valence-electron chi connectivity index (χ0n) is 11.1. The highest BCUT2D eigenvalue weighted by Gasteiger charge is 2.11. The lowest BCUT2D eigenvalue weighted by Gasteiger charge is -2.16. The Bertz CT molecular complexity index is 568. The fraction of sp³-hybridized carbons (Fsp3) is 0.250. The summed E-state index contributed by atoms with van der Waals surface area (Å²) in [5, 5.41) is 3.36. The van der Waals surface area contributed by atoms with Gasteiger partial charge >= 0.3 is 0 Å². The molecule has 1 unspecified atom stereocenters. The topological polar surface area (TPSA) is 12.0 Å². The maximum absolute atomic E-state index is 13.8. The largest absolute Gasteiger partial charge is 0.306 e. The Morgan fingerprint density at radius 3 is 2.68 bits per heavy atom. The summed E-state index contributed by atoms with van der Waals surface area (Å²) in [5.74, 6) is -0.173. The number of nitrogens with one attached hydrogen (secondary N) is 1. The normalized spacial score (nSPS) is 12.4. The Balaban J connectivity index is 2.07. The monoisotopic (exact) mass is 321 g/mol. The minimum Gasteiger partial charge on any atom is -0.306 e. The van der Waals surface area contributed by atoms with Crippen LogP contribution in [0, 0.1) is 12.7 Å². The molecule has 2 aromatic carbocycles. The molecule has 0 aliphatic rings. The number of hydrogen-bond donors (Lipinski definition) is 1. The van der Waals surface area contributed by atoms with Crippen LogP contribution in [0.25, 0.3) is 0 Å². The zero-order valence-corrected chi connectivity index (χ0v) is 12.7. The van der Waals surface area contributed by atoms with E-state index < -0.39 is 0 Å². The van der Waals surface area contributed by atoms with E-state index in [-0.39, 0.29) is 11.9 Å². The van der Waals surface area contributed by atoms with Gasteiger partial charge in [-0.15, -0.1) is 0 Å². The summed E-state index contributed by atoms with van der Waals surface area (Å²) < 4.78 is 14.7. The van der Waals surface area contributed by atoms with Gasteiger partial charge in [0.15, 0.2) is 0 Å². The molecule has 3 heteroatoms. The van der Waals surface area contributed by atoms with E-state index in [0.717, 1.165) is 11.0 Å². The molecule has 0 fully saturated rings. The van der Waals surface area contributed by atoms with Gasteiger partial charge in [-0.1, -0.05) is 40.2 Å². The van der Waals surface area contributed by atoms with Crippen LogP contribution in [0.5, 0.6) is 0 Å². The molecule has 0 aliphatic carbocycles. The molecule has 1 N–H and O–H groups in total. The van der Waals surface area contributed by atoms with Gasteiger partial charge in [-0.25, -0.2) is 4.39 Å². The van der Waals surface area contributed by atoms with Crippen LogP contribution in [-0.2, 0) is 6.54 Å². The van der Waals surface area contributed by atoms with Crippen molar-refractivity contribution in [2.24, 2.45) is 0 Å². The molecule has 100 valence electrons. The third kappa shape index (κ3) is 3.64. The smallest absolute Gasteiger partial charge is 0.128 e. The van der Waals surface area contributed by atoms with E-state index >= 15 is 0 Å². The average Bonchev–Trinajstić information content (AvgIpc) is 2.40. The van der Waals surface area contributed by atoms with Crippen molar-refractivity contribution in [2.45, 2.75) is 26.4 Å². The van der Waals surface area contributed by atoms with Gasteiger partial charge in [0.25, 0.3) is 0 Å². The second-order valence-electron chi connectivity index (χ2n) is 4.69. The first kappa shape index (κ1) is 14.2. The lowest BCUT2D eigenvalue weighted by Crippen LogP contribution is -2.19. The Kier molecular flexibility index (Phi) is 4.72. The molecule has 0 amide bonds. The van der Waals surface area contributed by atoms with Crippen molar-refractivity contribution in [2.75, 3.05) is 0 Å². The van der Waals surface area contributed by atoms with Gasteiger partial charge in [-0.05, 0) is 43.2 Å². The number of rotatable bonds is 4. The second-order valence-corrected chi connectivity index (χ2v) is 5.61. The highest BCUT2D eigenvalue weighted by atomic mass is 79.9. The van der Waals surface area contributed by atoms with Crippen LogP contribution in [0.4, 0.5) is 4.39 Å². The highest BCUT2D eigenvalue weighted by molar-refractivity contribution is 9.10. The van der Waals surface area contributed by atoms with E-state index in [1.807, 2.05) is 25.1 Å². The van der Waals surface area contributed by atoms with Crippen LogP contribution in [0.2, 0.25) is 0 Å². The van der Waals surface area contributed by atoms with E-state index in [2.05, 4.69) is 40.3 Å². The Labute approximate surface area is 122 Å². The first-order valence-electron chi connectivity index (χ1n) is 6.31. The van der Waals surface area contributed by atoms with E-state index in [0.29, 0.717) is 5.56 Å². The van der Waals surface area contributed by atoms with Gasteiger partial charge in [-0.2, -0.15) is 0 Å². The molecule has 2 rings (SSSR count). The minimum absolute atomic E-state index is 0.0305. The Morgan fingerprint density at radius 1 is 1.21 bits per heavy atom. The van der Waals surface area contributed by atoms with Gasteiger partial charge in [0, 0.05) is 22.6 Å². The van der Waals surface area contributed by atoms with Crippen LogP contribution in [0.3, 0.4) is 0 Å². The number of hydrogen-bond acceptors (Lipinski definition) is 1. The van der Waals surface area contributed by atoms with Crippen LogP contribution in [0.1, 0.15) is 29.7 Å². The van der Waals surface area contributed by atoms with Crippen LogP contribution < -0.4 is 5.32 Å². The molecule has 0 bridgehead atoms. The molecule has 0 spiro atoms. The number of halogens is 2. The maximum atomic E-state index is 13.8. The summed E-state index contributed by atoms with van der Waals surface area (Å²) in [6.45, 7) is 4.80. The van der Waals surface area contributed by atoms with Crippen LogP contribution >= 0.6 is 15.9 Å². The molecule has 0 aliphatic heterocycles. The van der Waals surface area contributed by atoms with Crippen molar-refractivity contribution < 1.29 is 4.39 Å². The molecule has 0 saturated carbocycles. The third-order valence-electron chi connectivity index (χ3n) is 3.28. The standard InChI is InChI=1S/C16H17BrFN/c1-11-5-3-4-6-13(11)10-19-12(2)15-9-14(17)7-8-16(15)18/h3-9,12,19H,10H2,1-2H3.